The number of hydrogen-bond donors (Lipinski definition) is 4. The molecular weight excluding hydrogens is 143 g/mol. The van der Waals surface area contributed by atoms with Crippen LogP contribution in [0.4, 0.5) is 4.70 Å². The number of halogens is 1. The maximum atomic E-state index is 8.74. The second-order valence-electron chi connectivity index (χ2n) is 0.448. The second kappa shape index (κ2) is 6.72. The van der Waals surface area contributed by atoms with Gasteiger partial charge in [-0.1, -0.05) is 0 Å². The fraction of sp³-hybridized carbons (Fsp3) is 0. The van der Waals surface area contributed by atoms with Crippen LogP contribution in [-0.4, -0.2) is 17.5 Å². The van der Waals surface area contributed by atoms with Gasteiger partial charge in [-0.15, -0.1) is 0 Å². The van der Waals surface area contributed by atoms with Crippen LogP contribution in [0.3, 0.4) is 0 Å². The van der Waals surface area contributed by atoms with Gasteiger partial charge in [-0.2, -0.15) is 8.42 Å². The Labute approximate surface area is 46.0 Å². The van der Waals surface area contributed by atoms with Gasteiger partial charge in [0.2, 0.25) is 0 Å². The molecule has 0 aliphatic heterocycles. The minimum atomic E-state index is -4.67. The molecule has 0 spiro atoms. The van der Waals surface area contributed by atoms with Crippen molar-refractivity contribution in [1.29, 1.82) is 0 Å². The van der Waals surface area contributed by atoms with Crippen LogP contribution in [0, 0.1) is 0 Å². The largest absolute Gasteiger partial charge is 0.394 e. The van der Waals surface area contributed by atoms with Crippen molar-refractivity contribution in [3.8, 4) is 0 Å². The van der Waals surface area contributed by atoms with E-state index in [0.29, 0.717) is 0 Å². The molecule has 0 bridgehead atoms. The molecule has 8 heavy (non-hydrogen) atoms. The molecule has 0 atom stereocenters. The standard InChI is InChI=1S/FH.2H3N.H2O4S/c;;;1-5(2,3)4/h1H;2*1H3;(H2,1,2,3,4). The van der Waals surface area contributed by atoms with E-state index in [9.17, 15) is 0 Å². The van der Waals surface area contributed by atoms with Crippen LogP contribution in [0.2, 0.25) is 0 Å². The van der Waals surface area contributed by atoms with Gasteiger partial charge in [-0.05, 0) is 0 Å². The van der Waals surface area contributed by atoms with E-state index in [2.05, 4.69) is 0 Å². The Morgan fingerprint density at radius 3 is 1.00 bits per heavy atom. The predicted octanol–water partition coefficient (Wildman–Crippen LogP) is -0.176. The van der Waals surface area contributed by atoms with E-state index >= 15 is 0 Å². The third-order valence-corrected chi connectivity index (χ3v) is 0. The fourth-order valence-electron chi connectivity index (χ4n) is 0. The number of rotatable bonds is 0. The minimum absolute atomic E-state index is 0. The van der Waals surface area contributed by atoms with Gasteiger partial charge in [0.15, 0.2) is 0 Å². The van der Waals surface area contributed by atoms with E-state index in [1.54, 1.807) is 0 Å². The Balaban J connectivity index is -0.0000000267. The summed E-state index contributed by atoms with van der Waals surface area (Å²) in [4.78, 5) is 0. The summed E-state index contributed by atoms with van der Waals surface area (Å²) < 4.78 is 31.6. The summed E-state index contributed by atoms with van der Waals surface area (Å²) in [5.74, 6) is 0. The second-order valence-corrected chi connectivity index (χ2v) is 1.34. The molecule has 0 unspecified atom stereocenters. The molecule has 0 aromatic heterocycles. The zero-order valence-corrected chi connectivity index (χ0v) is 4.76. The third kappa shape index (κ3) is 1630. The molecule has 0 heterocycles. The highest BCUT2D eigenvalue weighted by atomic mass is 32.3. The molecular formula is H9FN2O4S. The molecule has 6 nitrogen and oxygen atoms in total. The summed E-state index contributed by atoms with van der Waals surface area (Å²) in [5, 5.41) is 0. The van der Waals surface area contributed by atoms with Gasteiger partial charge in [0.1, 0.15) is 0 Å². The average molecular weight is 152 g/mol. The Bertz CT molecular complexity index is 97.2. The van der Waals surface area contributed by atoms with E-state index in [4.69, 9.17) is 17.5 Å². The highest BCUT2D eigenvalue weighted by Crippen LogP contribution is 1.59. The van der Waals surface area contributed by atoms with Crippen LogP contribution in [0.1, 0.15) is 0 Å². The predicted molar refractivity (Wildman–Crippen MR) is 26.7 cm³/mol. The van der Waals surface area contributed by atoms with E-state index in [1.807, 2.05) is 0 Å². The summed E-state index contributed by atoms with van der Waals surface area (Å²) in [7, 11) is -4.67. The molecule has 0 radical (unpaired) electrons. The van der Waals surface area contributed by atoms with Gasteiger partial charge in [-0.25, -0.2) is 0 Å². The van der Waals surface area contributed by atoms with E-state index in [0.717, 1.165) is 0 Å². The molecule has 0 aromatic rings. The molecule has 0 amide bonds. The van der Waals surface area contributed by atoms with Crippen LogP contribution >= 0.6 is 0 Å². The minimum Gasteiger partial charge on any atom is -0.344 e. The summed E-state index contributed by atoms with van der Waals surface area (Å²) in [6.45, 7) is 0. The molecule has 0 aliphatic carbocycles. The summed E-state index contributed by atoms with van der Waals surface area (Å²) in [6, 6.07) is 0. The number of hydrogen-bond acceptors (Lipinski definition) is 4. The zero-order chi connectivity index (χ0) is 4.50. The van der Waals surface area contributed by atoms with Crippen molar-refractivity contribution in [2.75, 3.05) is 0 Å². The molecule has 0 saturated heterocycles. The van der Waals surface area contributed by atoms with Gasteiger partial charge in [-0.3, -0.25) is 13.8 Å². The topological polar surface area (TPSA) is 145 Å². The van der Waals surface area contributed by atoms with Gasteiger partial charge in [0.25, 0.3) is 0 Å². The molecule has 0 aliphatic rings. The van der Waals surface area contributed by atoms with E-state index in [-0.39, 0.29) is 17.0 Å². The van der Waals surface area contributed by atoms with Crippen LogP contribution in [0.15, 0.2) is 0 Å². The van der Waals surface area contributed by atoms with Crippen molar-refractivity contribution < 1.29 is 22.2 Å². The Morgan fingerprint density at radius 1 is 1.00 bits per heavy atom. The molecule has 56 valence electrons. The Kier molecular flexibility index (Phi) is 21.2. The molecule has 8 N–H and O–H groups in total. The lowest BCUT2D eigenvalue weighted by atomic mass is 14.0. The third-order valence-electron chi connectivity index (χ3n) is 0. The highest BCUT2D eigenvalue weighted by molar-refractivity contribution is 7.79. The first-order valence-electron chi connectivity index (χ1n) is 0.698. The smallest absolute Gasteiger partial charge is 0.344 e. The summed E-state index contributed by atoms with van der Waals surface area (Å²) in [6.07, 6.45) is 0. The summed E-state index contributed by atoms with van der Waals surface area (Å²) in [5.41, 5.74) is 0. The SMILES string of the molecule is F.N.N.O=S(=O)(O)O. The lowest BCUT2D eigenvalue weighted by molar-refractivity contribution is 0.381. The quantitative estimate of drug-likeness (QED) is 0.354. The van der Waals surface area contributed by atoms with Crippen molar-refractivity contribution in [2.24, 2.45) is 0 Å². The van der Waals surface area contributed by atoms with Crippen LogP contribution in [0.25, 0.3) is 0 Å². The monoisotopic (exact) mass is 152 g/mol. The van der Waals surface area contributed by atoms with E-state index in [1.165, 1.54) is 0 Å². The lowest BCUT2D eigenvalue weighted by Gasteiger charge is -1.68. The van der Waals surface area contributed by atoms with E-state index < -0.39 is 10.4 Å². The highest BCUT2D eigenvalue weighted by Gasteiger charge is 1.84. The van der Waals surface area contributed by atoms with Gasteiger partial charge in [0, 0.05) is 0 Å². The molecule has 0 fully saturated rings. The molecule has 0 saturated carbocycles. The first-order valence-corrected chi connectivity index (χ1v) is 2.10. The summed E-state index contributed by atoms with van der Waals surface area (Å²) >= 11 is 0. The average Bonchev–Trinajstić information content (AvgIpc) is 0.722. The van der Waals surface area contributed by atoms with Gasteiger partial charge in [0.05, 0.1) is 0 Å². The van der Waals surface area contributed by atoms with Crippen molar-refractivity contribution in [2.45, 2.75) is 0 Å². The van der Waals surface area contributed by atoms with Crippen molar-refractivity contribution >= 4 is 10.4 Å². The van der Waals surface area contributed by atoms with Crippen molar-refractivity contribution in [1.82, 2.24) is 12.3 Å². The van der Waals surface area contributed by atoms with Gasteiger partial charge >= 0.3 is 10.4 Å². The molecule has 0 aromatic carbocycles. The first kappa shape index (κ1) is 25.2. The van der Waals surface area contributed by atoms with Gasteiger partial charge < -0.3 is 12.3 Å². The molecule has 8 heteroatoms. The van der Waals surface area contributed by atoms with Crippen molar-refractivity contribution in [3.63, 3.8) is 0 Å². The van der Waals surface area contributed by atoms with Crippen LogP contribution in [0.5, 0.6) is 0 Å². The Morgan fingerprint density at radius 2 is 1.00 bits per heavy atom. The maximum Gasteiger partial charge on any atom is 0.394 e. The van der Waals surface area contributed by atoms with Crippen LogP contribution in [-0.2, 0) is 10.4 Å². The lowest BCUT2D eigenvalue weighted by Crippen LogP contribution is -1.89. The fourth-order valence-corrected chi connectivity index (χ4v) is 0. The zero-order valence-electron chi connectivity index (χ0n) is 3.94. The van der Waals surface area contributed by atoms with Crippen LogP contribution < -0.4 is 12.3 Å². The normalized spacial score (nSPS) is 7.25. The Hall–Kier alpha value is -0.280. The first-order chi connectivity index (χ1) is 2.00. The van der Waals surface area contributed by atoms with Crippen molar-refractivity contribution in [3.05, 3.63) is 0 Å². The molecule has 0 rings (SSSR count). The maximum absolute atomic E-state index is 8.74.